The Hall–Kier alpha value is -1.84. The normalized spacial score (nSPS) is 10.1. The van der Waals surface area contributed by atoms with Gasteiger partial charge in [-0.3, -0.25) is 9.59 Å². The lowest BCUT2D eigenvalue weighted by Crippen LogP contribution is -2.11. The summed E-state index contributed by atoms with van der Waals surface area (Å²) in [6.07, 6.45) is 4.42. The van der Waals surface area contributed by atoms with E-state index in [1.54, 1.807) is 0 Å². The molecule has 1 rings (SSSR count). The molecule has 0 N–H and O–H groups in total. The first-order valence-electron chi connectivity index (χ1n) is 7.57. The molecule has 0 bridgehead atoms. The summed E-state index contributed by atoms with van der Waals surface area (Å²) in [5.74, 6) is -0.704. The molecule has 1 aromatic rings. The molecule has 0 fully saturated rings. The summed E-state index contributed by atoms with van der Waals surface area (Å²) in [7, 11) is 0. The number of esters is 2. The fourth-order valence-electron chi connectivity index (χ4n) is 1.80. The van der Waals surface area contributed by atoms with Gasteiger partial charge in [0.1, 0.15) is 6.61 Å². The Kier molecular flexibility index (Phi) is 8.93. The van der Waals surface area contributed by atoms with E-state index in [0.29, 0.717) is 6.61 Å². The molecule has 0 heterocycles. The number of ether oxygens (including phenoxy) is 2. The van der Waals surface area contributed by atoms with Crippen LogP contribution >= 0.6 is 0 Å². The standard InChI is InChI=1S/C17H24O4/c1-2-3-4-8-13-20-16(18)11-12-17(19)21-14-15-9-6-5-7-10-15/h5-7,9-10H,2-4,8,11-14H2,1H3. The molecule has 0 saturated heterocycles. The number of hydrogen-bond acceptors (Lipinski definition) is 4. The summed E-state index contributed by atoms with van der Waals surface area (Å²) in [5.41, 5.74) is 0.935. The minimum absolute atomic E-state index is 0.0701. The van der Waals surface area contributed by atoms with Crippen molar-refractivity contribution < 1.29 is 19.1 Å². The summed E-state index contributed by atoms with van der Waals surface area (Å²) < 4.78 is 10.1. The van der Waals surface area contributed by atoms with Crippen molar-refractivity contribution in [2.75, 3.05) is 6.61 Å². The molecular weight excluding hydrogens is 268 g/mol. The number of benzene rings is 1. The van der Waals surface area contributed by atoms with Crippen LogP contribution in [-0.2, 0) is 25.7 Å². The fourth-order valence-corrected chi connectivity index (χ4v) is 1.80. The molecule has 4 nitrogen and oxygen atoms in total. The highest BCUT2D eigenvalue weighted by molar-refractivity contribution is 5.77. The monoisotopic (exact) mass is 292 g/mol. The SMILES string of the molecule is CCCCCCOC(=O)CCC(=O)OCc1ccccc1. The van der Waals surface area contributed by atoms with Crippen LogP contribution in [0.2, 0.25) is 0 Å². The van der Waals surface area contributed by atoms with Gasteiger partial charge in [0.25, 0.3) is 0 Å². The average molecular weight is 292 g/mol. The average Bonchev–Trinajstić information content (AvgIpc) is 2.51. The molecule has 0 atom stereocenters. The van der Waals surface area contributed by atoms with Crippen molar-refractivity contribution in [3.63, 3.8) is 0 Å². The fraction of sp³-hybridized carbons (Fsp3) is 0.529. The van der Waals surface area contributed by atoms with Crippen LogP contribution < -0.4 is 0 Å². The zero-order valence-electron chi connectivity index (χ0n) is 12.7. The second-order valence-electron chi connectivity index (χ2n) is 4.93. The van der Waals surface area contributed by atoms with Gasteiger partial charge < -0.3 is 9.47 Å². The number of rotatable bonds is 10. The molecule has 4 heteroatoms. The minimum atomic E-state index is -0.373. The predicted molar refractivity (Wildman–Crippen MR) is 80.6 cm³/mol. The van der Waals surface area contributed by atoms with E-state index in [4.69, 9.17) is 9.47 Å². The van der Waals surface area contributed by atoms with Crippen molar-refractivity contribution in [3.8, 4) is 0 Å². The summed E-state index contributed by atoms with van der Waals surface area (Å²) in [5, 5.41) is 0. The van der Waals surface area contributed by atoms with Gasteiger partial charge in [-0.05, 0) is 12.0 Å². The Morgan fingerprint density at radius 2 is 1.57 bits per heavy atom. The van der Waals surface area contributed by atoms with Crippen molar-refractivity contribution in [2.24, 2.45) is 0 Å². The highest BCUT2D eigenvalue weighted by atomic mass is 16.5. The first kappa shape index (κ1) is 17.2. The van der Waals surface area contributed by atoms with Gasteiger partial charge in [-0.1, -0.05) is 56.5 Å². The highest BCUT2D eigenvalue weighted by Gasteiger charge is 2.09. The molecule has 0 unspecified atom stereocenters. The van der Waals surface area contributed by atoms with Crippen LogP contribution in [0.15, 0.2) is 30.3 Å². The van der Waals surface area contributed by atoms with E-state index >= 15 is 0 Å². The second kappa shape index (κ2) is 10.9. The maximum Gasteiger partial charge on any atom is 0.306 e. The van der Waals surface area contributed by atoms with E-state index in [1.165, 1.54) is 0 Å². The summed E-state index contributed by atoms with van der Waals surface area (Å²) in [6, 6.07) is 9.45. The molecule has 1 aromatic carbocycles. The topological polar surface area (TPSA) is 52.6 Å². The molecule has 116 valence electrons. The minimum Gasteiger partial charge on any atom is -0.466 e. The first-order chi connectivity index (χ1) is 10.2. The molecule has 0 saturated carbocycles. The summed E-state index contributed by atoms with van der Waals surface area (Å²) >= 11 is 0. The van der Waals surface area contributed by atoms with Crippen LogP contribution in [0, 0.1) is 0 Å². The third-order valence-electron chi connectivity index (χ3n) is 3.04. The van der Waals surface area contributed by atoms with E-state index in [2.05, 4.69) is 6.92 Å². The molecule has 0 aliphatic heterocycles. The van der Waals surface area contributed by atoms with E-state index < -0.39 is 0 Å². The van der Waals surface area contributed by atoms with Crippen molar-refractivity contribution in [2.45, 2.75) is 52.1 Å². The lowest BCUT2D eigenvalue weighted by molar-refractivity contribution is -0.151. The molecule has 21 heavy (non-hydrogen) atoms. The van der Waals surface area contributed by atoms with Crippen molar-refractivity contribution >= 4 is 11.9 Å². The van der Waals surface area contributed by atoms with Crippen LogP contribution in [-0.4, -0.2) is 18.5 Å². The Morgan fingerprint density at radius 1 is 0.905 bits per heavy atom. The third-order valence-corrected chi connectivity index (χ3v) is 3.04. The molecule has 0 amide bonds. The zero-order chi connectivity index (χ0) is 15.3. The zero-order valence-corrected chi connectivity index (χ0v) is 12.7. The van der Waals surface area contributed by atoms with Gasteiger partial charge >= 0.3 is 11.9 Å². The van der Waals surface area contributed by atoms with Gasteiger partial charge in [0.2, 0.25) is 0 Å². The Bertz CT molecular complexity index is 414. The predicted octanol–water partition coefficient (Wildman–Crippen LogP) is 3.63. The van der Waals surface area contributed by atoms with E-state index in [1.807, 2.05) is 30.3 Å². The number of carbonyl (C=O) groups is 2. The van der Waals surface area contributed by atoms with Crippen molar-refractivity contribution in [1.29, 1.82) is 0 Å². The number of carbonyl (C=O) groups excluding carboxylic acids is 2. The summed E-state index contributed by atoms with van der Waals surface area (Å²) in [4.78, 5) is 22.9. The maximum absolute atomic E-state index is 11.5. The van der Waals surface area contributed by atoms with Crippen LogP contribution in [0.1, 0.15) is 51.0 Å². The van der Waals surface area contributed by atoms with Crippen LogP contribution in [0.4, 0.5) is 0 Å². The Balaban J connectivity index is 2.05. The molecular formula is C17H24O4. The third kappa shape index (κ3) is 8.84. The first-order valence-corrected chi connectivity index (χ1v) is 7.57. The van der Waals surface area contributed by atoms with Gasteiger partial charge in [0.05, 0.1) is 19.4 Å². The molecule has 0 radical (unpaired) electrons. The van der Waals surface area contributed by atoms with E-state index in [9.17, 15) is 9.59 Å². The van der Waals surface area contributed by atoms with Gasteiger partial charge in [0.15, 0.2) is 0 Å². The highest BCUT2D eigenvalue weighted by Crippen LogP contribution is 2.04. The molecule has 0 aliphatic carbocycles. The van der Waals surface area contributed by atoms with E-state index in [0.717, 1.165) is 31.2 Å². The Labute approximate surface area is 126 Å². The Morgan fingerprint density at radius 3 is 2.24 bits per heavy atom. The lowest BCUT2D eigenvalue weighted by Gasteiger charge is -2.06. The van der Waals surface area contributed by atoms with Crippen LogP contribution in [0.5, 0.6) is 0 Å². The smallest absolute Gasteiger partial charge is 0.306 e. The van der Waals surface area contributed by atoms with Crippen LogP contribution in [0.3, 0.4) is 0 Å². The van der Waals surface area contributed by atoms with Crippen molar-refractivity contribution in [3.05, 3.63) is 35.9 Å². The lowest BCUT2D eigenvalue weighted by atomic mass is 10.2. The van der Waals surface area contributed by atoms with E-state index in [-0.39, 0.29) is 31.4 Å². The summed E-state index contributed by atoms with van der Waals surface area (Å²) in [6.45, 7) is 2.82. The quantitative estimate of drug-likeness (QED) is 0.488. The number of unbranched alkanes of at least 4 members (excludes halogenated alkanes) is 3. The number of hydrogen-bond donors (Lipinski definition) is 0. The molecule has 0 aromatic heterocycles. The molecule has 0 aliphatic rings. The molecule has 0 spiro atoms. The maximum atomic E-state index is 11.5. The van der Waals surface area contributed by atoms with Gasteiger partial charge in [0, 0.05) is 0 Å². The largest absolute Gasteiger partial charge is 0.466 e. The van der Waals surface area contributed by atoms with Crippen LogP contribution in [0.25, 0.3) is 0 Å². The van der Waals surface area contributed by atoms with Crippen molar-refractivity contribution in [1.82, 2.24) is 0 Å². The van der Waals surface area contributed by atoms with Gasteiger partial charge in [-0.15, -0.1) is 0 Å². The van der Waals surface area contributed by atoms with Gasteiger partial charge in [-0.25, -0.2) is 0 Å². The van der Waals surface area contributed by atoms with Gasteiger partial charge in [-0.2, -0.15) is 0 Å². The second-order valence-corrected chi connectivity index (χ2v) is 4.93.